The molecular weight excluding hydrogens is 184 g/mol. The third-order valence-corrected chi connectivity index (χ3v) is 2.67. The van der Waals surface area contributed by atoms with Gasteiger partial charge in [-0.1, -0.05) is 32.0 Å². The first-order valence-corrected chi connectivity index (χ1v) is 5.30. The molecule has 0 aliphatic heterocycles. The summed E-state index contributed by atoms with van der Waals surface area (Å²) in [5, 5.41) is 4.42. The lowest BCUT2D eigenvalue weighted by atomic mass is 10.1. The van der Waals surface area contributed by atoms with Gasteiger partial charge in [-0.3, -0.25) is 0 Å². The lowest BCUT2D eigenvalue weighted by molar-refractivity contribution is 0.823. The van der Waals surface area contributed by atoms with E-state index in [0.29, 0.717) is 5.92 Å². The van der Waals surface area contributed by atoms with Gasteiger partial charge in [-0.25, -0.2) is 4.68 Å². The molecule has 0 unspecified atom stereocenters. The molecule has 0 amide bonds. The minimum atomic E-state index is 0.530. The van der Waals surface area contributed by atoms with Crippen LogP contribution in [0.1, 0.15) is 31.0 Å². The molecule has 0 fully saturated rings. The number of aromatic nitrogens is 2. The van der Waals surface area contributed by atoms with Crippen molar-refractivity contribution >= 4 is 0 Å². The van der Waals surface area contributed by atoms with Crippen molar-refractivity contribution in [3.05, 3.63) is 47.8 Å². The Kier molecular flexibility index (Phi) is 2.58. The molecule has 0 aliphatic carbocycles. The van der Waals surface area contributed by atoms with E-state index in [4.69, 9.17) is 0 Å². The van der Waals surface area contributed by atoms with Gasteiger partial charge in [0.2, 0.25) is 0 Å². The molecule has 2 heteroatoms. The Hall–Kier alpha value is -1.57. The first-order chi connectivity index (χ1) is 7.20. The minimum absolute atomic E-state index is 0.530. The number of para-hydroxylation sites is 1. The summed E-state index contributed by atoms with van der Waals surface area (Å²) >= 11 is 0. The molecular formula is C13H16N2. The normalized spacial score (nSPS) is 10.9. The summed E-state index contributed by atoms with van der Waals surface area (Å²) in [7, 11) is 0. The summed E-state index contributed by atoms with van der Waals surface area (Å²) in [6.07, 6.45) is 1.97. The Bertz CT molecular complexity index is 441. The third-order valence-electron chi connectivity index (χ3n) is 2.67. The van der Waals surface area contributed by atoms with Crippen LogP contribution in [-0.2, 0) is 0 Å². The largest absolute Gasteiger partial charge is 0.238 e. The van der Waals surface area contributed by atoms with Crippen molar-refractivity contribution in [2.45, 2.75) is 26.7 Å². The molecule has 0 saturated carbocycles. The van der Waals surface area contributed by atoms with Crippen LogP contribution < -0.4 is 0 Å². The van der Waals surface area contributed by atoms with Crippen molar-refractivity contribution in [2.24, 2.45) is 0 Å². The molecule has 15 heavy (non-hydrogen) atoms. The van der Waals surface area contributed by atoms with Gasteiger partial charge in [-0.15, -0.1) is 0 Å². The molecule has 78 valence electrons. The van der Waals surface area contributed by atoms with E-state index in [-0.39, 0.29) is 0 Å². The molecule has 2 nitrogen and oxygen atoms in total. The molecule has 2 rings (SSSR count). The average molecular weight is 200 g/mol. The van der Waals surface area contributed by atoms with E-state index < -0.39 is 0 Å². The molecule has 0 bridgehead atoms. The van der Waals surface area contributed by atoms with E-state index in [2.05, 4.69) is 38.0 Å². The highest BCUT2D eigenvalue weighted by atomic mass is 15.3. The van der Waals surface area contributed by atoms with E-state index in [0.717, 1.165) is 5.69 Å². The van der Waals surface area contributed by atoms with E-state index in [1.54, 1.807) is 0 Å². The zero-order valence-electron chi connectivity index (χ0n) is 9.44. The Morgan fingerprint density at radius 2 is 1.80 bits per heavy atom. The highest BCUT2D eigenvalue weighted by Gasteiger charge is 2.09. The van der Waals surface area contributed by atoms with Crippen LogP contribution >= 0.6 is 0 Å². The fourth-order valence-electron chi connectivity index (χ4n) is 1.82. The van der Waals surface area contributed by atoms with Gasteiger partial charge in [0.1, 0.15) is 0 Å². The SMILES string of the molecule is Cc1c(C(C)C)cnn1-c1ccccc1. The second-order valence-corrected chi connectivity index (χ2v) is 4.09. The molecule has 0 aliphatic rings. The highest BCUT2D eigenvalue weighted by Crippen LogP contribution is 2.20. The van der Waals surface area contributed by atoms with Gasteiger partial charge >= 0.3 is 0 Å². The maximum atomic E-state index is 4.42. The zero-order valence-corrected chi connectivity index (χ0v) is 9.44. The van der Waals surface area contributed by atoms with E-state index in [1.165, 1.54) is 11.3 Å². The number of rotatable bonds is 2. The van der Waals surface area contributed by atoms with Gasteiger partial charge < -0.3 is 0 Å². The Labute approximate surface area is 90.6 Å². The van der Waals surface area contributed by atoms with Crippen molar-refractivity contribution in [3.8, 4) is 5.69 Å². The Morgan fingerprint density at radius 1 is 1.13 bits per heavy atom. The molecule has 1 aromatic carbocycles. The fourth-order valence-corrected chi connectivity index (χ4v) is 1.82. The second-order valence-electron chi connectivity index (χ2n) is 4.09. The zero-order chi connectivity index (χ0) is 10.8. The van der Waals surface area contributed by atoms with Gasteiger partial charge in [0.05, 0.1) is 11.9 Å². The first-order valence-electron chi connectivity index (χ1n) is 5.30. The smallest absolute Gasteiger partial charge is 0.0648 e. The Morgan fingerprint density at radius 3 is 2.33 bits per heavy atom. The van der Waals surface area contributed by atoms with Gasteiger partial charge in [0.15, 0.2) is 0 Å². The number of nitrogens with zero attached hydrogens (tertiary/aromatic N) is 2. The molecule has 0 saturated heterocycles. The molecule has 0 N–H and O–H groups in total. The molecule has 0 atom stereocenters. The minimum Gasteiger partial charge on any atom is -0.238 e. The van der Waals surface area contributed by atoms with Crippen molar-refractivity contribution in [3.63, 3.8) is 0 Å². The molecule has 1 heterocycles. The van der Waals surface area contributed by atoms with Crippen LogP contribution in [0.15, 0.2) is 36.5 Å². The standard InChI is InChI=1S/C13H16N2/c1-10(2)13-9-14-15(11(13)3)12-7-5-4-6-8-12/h4-10H,1-3H3. The fraction of sp³-hybridized carbons (Fsp3) is 0.308. The quantitative estimate of drug-likeness (QED) is 0.727. The number of hydrogen-bond donors (Lipinski definition) is 0. The lowest BCUT2D eigenvalue weighted by Crippen LogP contribution is -1.99. The predicted molar refractivity (Wildman–Crippen MR) is 62.4 cm³/mol. The van der Waals surface area contributed by atoms with E-state index >= 15 is 0 Å². The molecule has 0 spiro atoms. The van der Waals surface area contributed by atoms with Crippen LogP contribution in [0.2, 0.25) is 0 Å². The molecule has 1 aromatic heterocycles. The van der Waals surface area contributed by atoms with Crippen molar-refractivity contribution in [2.75, 3.05) is 0 Å². The highest BCUT2D eigenvalue weighted by molar-refractivity contribution is 5.35. The average Bonchev–Trinajstić information content (AvgIpc) is 2.61. The summed E-state index contributed by atoms with van der Waals surface area (Å²) in [5.41, 5.74) is 3.68. The first kappa shape index (κ1) is 9.97. The van der Waals surface area contributed by atoms with Crippen LogP contribution in [-0.4, -0.2) is 9.78 Å². The van der Waals surface area contributed by atoms with Gasteiger partial charge in [0, 0.05) is 5.69 Å². The maximum absolute atomic E-state index is 4.42. The predicted octanol–water partition coefficient (Wildman–Crippen LogP) is 3.30. The Balaban J connectivity index is 2.47. The molecule has 2 aromatic rings. The van der Waals surface area contributed by atoms with Gasteiger partial charge in [-0.2, -0.15) is 5.10 Å². The number of benzene rings is 1. The summed E-state index contributed by atoms with van der Waals surface area (Å²) in [6.45, 7) is 6.51. The van der Waals surface area contributed by atoms with Crippen molar-refractivity contribution in [1.82, 2.24) is 9.78 Å². The maximum Gasteiger partial charge on any atom is 0.0648 e. The van der Waals surface area contributed by atoms with Gasteiger partial charge in [0.25, 0.3) is 0 Å². The van der Waals surface area contributed by atoms with E-state index in [1.807, 2.05) is 29.1 Å². The number of hydrogen-bond acceptors (Lipinski definition) is 1. The summed E-state index contributed by atoms with van der Waals surface area (Å²) < 4.78 is 2.00. The van der Waals surface area contributed by atoms with Crippen LogP contribution in [0.25, 0.3) is 5.69 Å². The second kappa shape index (κ2) is 3.89. The van der Waals surface area contributed by atoms with Crippen LogP contribution in [0.5, 0.6) is 0 Å². The van der Waals surface area contributed by atoms with Gasteiger partial charge in [-0.05, 0) is 30.5 Å². The van der Waals surface area contributed by atoms with Crippen LogP contribution in [0, 0.1) is 6.92 Å². The third kappa shape index (κ3) is 1.80. The molecule has 0 radical (unpaired) electrons. The van der Waals surface area contributed by atoms with Crippen LogP contribution in [0.4, 0.5) is 0 Å². The van der Waals surface area contributed by atoms with Crippen molar-refractivity contribution < 1.29 is 0 Å². The lowest BCUT2D eigenvalue weighted by Gasteiger charge is -2.06. The summed E-state index contributed by atoms with van der Waals surface area (Å²) in [6, 6.07) is 10.2. The monoisotopic (exact) mass is 200 g/mol. The summed E-state index contributed by atoms with van der Waals surface area (Å²) in [5.74, 6) is 0.530. The summed E-state index contributed by atoms with van der Waals surface area (Å²) in [4.78, 5) is 0. The van der Waals surface area contributed by atoms with Crippen molar-refractivity contribution in [1.29, 1.82) is 0 Å². The topological polar surface area (TPSA) is 17.8 Å². The van der Waals surface area contributed by atoms with E-state index in [9.17, 15) is 0 Å². The van der Waals surface area contributed by atoms with Crippen LogP contribution in [0.3, 0.4) is 0 Å².